The van der Waals surface area contributed by atoms with E-state index in [0.717, 1.165) is 4.88 Å². The quantitative estimate of drug-likeness (QED) is 0.868. The average molecular weight is 235 g/mol. The van der Waals surface area contributed by atoms with Crippen LogP contribution in [-0.4, -0.2) is 18.8 Å². The van der Waals surface area contributed by atoms with Gasteiger partial charge in [-0.05, 0) is 18.1 Å². The van der Waals surface area contributed by atoms with E-state index in [1.165, 1.54) is 11.3 Å². The van der Waals surface area contributed by atoms with Crippen LogP contribution in [0.2, 0.25) is 4.34 Å². The first-order valence-corrected chi connectivity index (χ1v) is 5.67. The largest absolute Gasteiger partial charge is 0.382 e. The molecule has 0 aliphatic carbocycles. The van der Waals surface area contributed by atoms with Gasteiger partial charge in [0, 0.05) is 12.0 Å². The monoisotopic (exact) mass is 234 g/mol. The first kappa shape index (κ1) is 12.0. The zero-order valence-electron chi connectivity index (χ0n) is 8.58. The molecule has 4 heteroatoms. The van der Waals surface area contributed by atoms with E-state index >= 15 is 0 Å². The first-order valence-electron chi connectivity index (χ1n) is 4.48. The number of halogens is 1. The smallest absolute Gasteiger partial charge is 0.124 e. The highest BCUT2D eigenvalue weighted by molar-refractivity contribution is 7.16. The molecule has 80 valence electrons. The van der Waals surface area contributed by atoms with Crippen molar-refractivity contribution in [2.75, 3.05) is 13.7 Å². The van der Waals surface area contributed by atoms with E-state index in [1.807, 2.05) is 19.9 Å². The van der Waals surface area contributed by atoms with Gasteiger partial charge in [-0.2, -0.15) is 0 Å². The van der Waals surface area contributed by atoms with Crippen LogP contribution in [0.1, 0.15) is 18.7 Å². The summed E-state index contributed by atoms with van der Waals surface area (Å²) in [5.74, 6) is 0.0946. The van der Waals surface area contributed by atoms with Crippen molar-refractivity contribution in [3.63, 3.8) is 0 Å². The van der Waals surface area contributed by atoms with Crippen LogP contribution in [0.15, 0.2) is 12.1 Å². The Bertz CT molecular complexity index is 298. The molecular formula is C10H15ClO2S. The molecule has 0 radical (unpaired) electrons. The minimum atomic E-state index is -0.924. The summed E-state index contributed by atoms with van der Waals surface area (Å²) in [6, 6.07) is 3.65. The summed E-state index contributed by atoms with van der Waals surface area (Å²) in [4.78, 5) is 0.861. The summed E-state index contributed by atoms with van der Waals surface area (Å²) < 4.78 is 5.74. The number of thiophene rings is 1. The van der Waals surface area contributed by atoms with Gasteiger partial charge in [0.05, 0.1) is 10.9 Å². The Morgan fingerprint density at radius 3 is 2.57 bits per heavy atom. The Morgan fingerprint density at radius 1 is 1.57 bits per heavy atom. The highest BCUT2D eigenvalue weighted by atomic mass is 35.5. The van der Waals surface area contributed by atoms with E-state index in [-0.39, 0.29) is 5.92 Å². The molecular weight excluding hydrogens is 220 g/mol. The molecule has 0 aliphatic heterocycles. The third kappa shape index (κ3) is 2.28. The lowest BCUT2D eigenvalue weighted by Gasteiger charge is -2.30. The van der Waals surface area contributed by atoms with E-state index in [4.69, 9.17) is 16.3 Å². The van der Waals surface area contributed by atoms with Crippen LogP contribution in [0.25, 0.3) is 0 Å². The maximum absolute atomic E-state index is 10.4. The zero-order valence-corrected chi connectivity index (χ0v) is 10.2. The van der Waals surface area contributed by atoms with E-state index in [0.29, 0.717) is 10.9 Å². The highest BCUT2D eigenvalue weighted by Crippen LogP contribution is 2.36. The van der Waals surface area contributed by atoms with Gasteiger partial charge in [0.15, 0.2) is 0 Å². The molecule has 2 nitrogen and oxygen atoms in total. The predicted molar refractivity (Wildman–Crippen MR) is 59.9 cm³/mol. The Labute approximate surface area is 93.5 Å². The van der Waals surface area contributed by atoms with E-state index in [9.17, 15) is 5.11 Å². The zero-order chi connectivity index (χ0) is 10.8. The van der Waals surface area contributed by atoms with Crippen molar-refractivity contribution in [1.29, 1.82) is 0 Å². The number of methoxy groups -OCH3 is 1. The van der Waals surface area contributed by atoms with Crippen LogP contribution in [-0.2, 0) is 10.3 Å². The number of rotatable bonds is 4. The van der Waals surface area contributed by atoms with Crippen molar-refractivity contribution in [1.82, 2.24) is 0 Å². The molecule has 14 heavy (non-hydrogen) atoms. The van der Waals surface area contributed by atoms with Crippen LogP contribution in [0.3, 0.4) is 0 Å². The van der Waals surface area contributed by atoms with Gasteiger partial charge in [-0.15, -0.1) is 11.3 Å². The van der Waals surface area contributed by atoms with Crippen LogP contribution < -0.4 is 0 Å². The molecule has 1 N–H and O–H groups in total. The average Bonchev–Trinajstić information content (AvgIpc) is 2.52. The molecule has 0 fully saturated rings. The fraction of sp³-hybridized carbons (Fsp3) is 0.600. The van der Waals surface area contributed by atoms with Gasteiger partial charge in [-0.3, -0.25) is 0 Å². The molecule has 1 unspecified atom stereocenters. The lowest BCUT2D eigenvalue weighted by Crippen LogP contribution is -2.35. The predicted octanol–water partition coefficient (Wildman–Crippen LogP) is 2.89. The lowest BCUT2D eigenvalue weighted by molar-refractivity contribution is -0.0673. The Kier molecular flexibility index (Phi) is 3.95. The summed E-state index contributed by atoms with van der Waals surface area (Å²) in [7, 11) is 1.59. The Balaban J connectivity index is 2.98. The molecule has 0 aromatic carbocycles. The van der Waals surface area contributed by atoms with Gasteiger partial charge >= 0.3 is 0 Å². The fourth-order valence-corrected chi connectivity index (χ4v) is 2.56. The fourth-order valence-electron chi connectivity index (χ4n) is 1.29. The maximum Gasteiger partial charge on any atom is 0.124 e. The van der Waals surface area contributed by atoms with Gasteiger partial charge in [0.2, 0.25) is 0 Å². The van der Waals surface area contributed by atoms with Crippen molar-refractivity contribution in [3.8, 4) is 0 Å². The molecule has 0 spiro atoms. The minimum Gasteiger partial charge on any atom is -0.382 e. The summed E-state index contributed by atoms with van der Waals surface area (Å²) >= 11 is 7.24. The molecule has 0 saturated carbocycles. The Hall–Kier alpha value is -0.0900. The summed E-state index contributed by atoms with van der Waals surface area (Å²) in [5.41, 5.74) is -0.924. The van der Waals surface area contributed by atoms with E-state index < -0.39 is 5.60 Å². The van der Waals surface area contributed by atoms with Crippen LogP contribution in [0.5, 0.6) is 0 Å². The maximum atomic E-state index is 10.4. The van der Waals surface area contributed by atoms with Crippen molar-refractivity contribution in [3.05, 3.63) is 21.3 Å². The second-order valence-corrected chi connectivity index (χ2v) is 5.33. The molecule has 1 atom stereocenters. The van der Waals surface area contributed by atoms with Gasteiger partial charge in [0.25, 0.3) is 0 Å². The normalized spacial score (nSPS) is 15.9. The third-order valence-corrected chi connectivity index (χ3v) is 3.72. The van der Waals surface area contributed by atoms with Crippen molar-refractivity contribution in [2.45, 2.75) is 19.4 Å². The summed E-state index contributed by atoms with van der Waals surface area (Å²) in [5, 5.41) is 10.4. The van der Waals surface area contributed by atoms with Crippen LogP contribution in [0.4, 0.5) is 0 Å². The number of hydrogen-bond acceptors (Lipinski definition) is 3. The van der Waals surface area contributed by atoms with E-state index in [1.54, 1.807) is 13.2 Å². The highest BCUT2D eigenvalue weighted by Gasteiger charge is 2.34. The molecule has 0 saturated heterocycles. The topological polar surface area (TPSA) is 29.5 Å². The minimum absolute atomic E-state index is 0.0946. The van der Waals surface area contributed by atoms with Gasteiger partial charge < -0.3 is 9.84 Å². The molecule has 1 heterocycles. The van der Waals surface area contributed by atoms with Gasteiger partial charge in [-0.25, -0.2) is 0 Å². The number of hydrogen-bond donors (Lipinski definition) is 1. The summed E-state index contributed by atoms with van der Waals surface area (Å²) in [6.45, 7) is 4.22. The second-order valence-electron chi connectivity index (χ2n) is 3.62. The van der Waals surface area contributed by atoms with Crippen LogP contribution >= 0.6 is 22.9 Å². The standard InChI is InChI=1S/C10H15ClO2S/c1-7(2)10(12,6-13-3)8-4-5-9(11)14-8/h4-5,7,12H,6H2,1-3H3. The number of ether oxygens (including phenoxy) is 1. The molecule has 1 aromatic heterocycles. The third-order valence-electron chi connectivity index (χ3n) is 2.32. The molecule has 1 aromatic rings. The van der Waals surface area contributed by atoms with Crippen molar-refractivity contribution in [2.24, 2.45) is 5.92 Å². The van der Waals surface area contributed by atoms with Gasteiger partial charge in [-0.1, -0.05) is 25.4 Å². The van der Waals surface area contributed by atoms with E-state index in [2.05, 4.69) is 0 Å². The number of aliphatic hydroxyl groups is 1. The Morgan fingerprint density at radius 2 is 2.21 bits per heavy atom. The van der Waals surface area contributed by atoms with Crippen LogP contribution in [0, 0.1) is 5.92 Å². The van der Waals surface area contributed by atoms with Gasteiger partial charge in [0.1, 0.15) is 5.60 Å². The molecule has 0 bridgehead atoms. The molecule has 0 aliphatic rings. The molecule has 0 amide bonds. The van der Waals surface area contributed by atoms with Crippen molar-refractivity contribution >= 4 is 22.9 Å². The molecule has 1 rings (SSSR count). The second kappa shape index (κ2) is 4.62. The first-order chi connectivity index (χ1) is 6.50. The SMILES string of the molecule is COCC(O)(c1ccc(Cl)s1)C(C)C. The van der Waals surface area contributed by atoms with Crippen molar-refractivity contribution < 1.29 is 9.84 Å². The summed E-state index contributed by atoms with van der Waals surface area (Å²) in [6.07, 6.45) is 0. The lowest BCUT2D eigenvalue weighted by atomic mass is 9.90.